The van der Waals surface area contributed by atoms with Crippen LogP contribution in [0.1, 0.15) is 16.7 Å². The van der Waals surface area contributed by atoms with Gasteiger partial charge in [0.05, 0.1) is 11.2 Å². The summed E-state index contributed by atoms with van der Waals surface area (Å²) < 4.78 is 0. The number of fused-ring (bicyclic) bond motifs is 1. The van der Waals surface area contributed by atoms with Crippen LogP contribution in [0, 0.1) is 6.92 Å². The quantitative estimate of drug-likeness (QED) is 0.640. The molecule has 23 heavy (non-hydrogen) atoms. The van der Waals surface area contributed by atoms with E-state index in [1.165, 1.54) is 0 Å². The first-order valence-electron chi connectivity index (χ1n) is 7.35. The smallest absolute Gasteiger partial charge is 0.0841 e. The number of pyridine rings is 1. The monoisotopic (exact) mass is 318 g/mol. The lowest BCUT2D eigenvalue weighted by atomic mass is 10.00. The maximum absolute atomic E-state index is 6.37. The number of rotatable bonds is 4. The van der Waals surface area contributed by atoms with Crippen LogP contribution in [0.3, 0.4) is 0 Å². The molecule has 0 radical (unpaired) electrons. The fourth-order valence-electron chi connectivity index (χ4n) is 2.69. The molecule has 1 aromatic heterocycles. The lowest BCUT2D eigenvalue weighted by molar-refractivity contribution is 1.31. The predicted octanol–water partition coefficient (Wildman–Crippen LogP) is 5.56. The summed E-state index contributed by atoms with van der Waals surface area (Å²) in [6.45, 7) is 9.83. The molecule has 0 aliphatic rings. The highest BCUT2D eigenvalue weighted by atomic mass is 32.2. The van der Waals surface area contributed by atoms with E-state index in [9.17, 15) is 0 Å². The second-order valence-corrected chi connectivity index (χ2v) is 6.36. The Balaban J connectivity index is 2.14. The highest BCUT2D eigenvalue weighted by molar-refractivity contribution is 7.99. The lowest BCUT2D eigenvalue weighted by Gasteiger charge is -2.15. The Morgan fingerprint density at radius 2 is 1.78 bits per heavy atom. The van der Waals surface area contributed by atoms with Crippen LogP contribution in [-0.4, -0.2) is 4.98 Å². The van der Waals surface area contributed by atoms with Crippen molar-refractivity contribution in [3.63, 3.8) is 0 Å². The molecule has 0 saturated carbocycles. The largest absolute Gasteiger partial charge is 0.397 e. The van der Waals surface area contributed by atoms with Crippen molar-refractivity contribution in [1.29, 1.82) is 0 Å². The SMILES string of the molecule is C=Cc1c(C)cc(Sc2cccc3cccnc23)c(N)c1C=C. The normalized spacial score (nSPS) is 10.7. The van der Waals surface area contributed by atoms with E-state index in [4.69, 9.17) is 5.73 Å². The van der Waals surface area contributed by atoms with Crippen LogP contribution in [0.15, 0.2) is 65.5 Å². The molecule has 0 aliphatic carbocycles. The van der Waals surface area contributed by atoms with Crippen LogP contribution in [0.4, 0.5) is 5.69 Å². The molecule has 0 aliphatic heterocycles. The second kappa shape index (κ2) is 6.31. The van der Waals surface area contributed by atoms with Gasteiger partial charge in [-0.1, -0.05) is 55.3 Å². The first-order valence-corrected chi connectivity index (χ1v) is 8.17. The Kier molecular flexibility index (Phi) is 4.22. The number of aryl methyl sites for hydroxylation is 1. The van der Waals surface area contributed by atoms with Gasteiger partial charge in [-0.15, -0.1) is 0 Å². The number of anilines is 1. The van der Waals surface area contributed by atoms with Crippen LogP contribution in [-0.2, 0) is 0 Å². The van der Waals surface area contributed by atoms with E-state index in [0.29, 0.717) is 0 Å². The Morgan fingerprint density at radius 3 is 2.52 bits per heavy atom. The molecule has 2 nitrogen and oxygen atoms in total. The van der Waals surface area contributed by atoms with Crippen molar-refractivity contribution in [2.24, 2.45) is 0 Å². The number of nitrogens with two attached hydrogens (primary N) is 1. The Bertz CT molecular complexity index is 908. The van der Waals surface area contributed by atoms with Crippen molar-refractivity contribution < 1.29 is 0 Å². The lowest BCUT2D eigenvalue weighted by Crippen LogP contribution is -1.98. The van der Waals surface area contributed by atoms with Crippen molar-refractivity contribution in [3.8, 4) is 0 Å². The van der Waals surface area contributed by atoms with Gasteiger partial charge in [0.15, 0.2) is 0 Å². The minimum atomic E-state index is 0.735. The maximum Gasteiger partial charge on any atom is 0.0841 e. The molecule has 2 aromatic carbocycles. The van der Waals surface area contributed by atoms with Gasteiger partial charge in [-0.3, -0.25) is 4.98 Å². The van der Waals surface area contributed by atoms with E-state index in [0.717, 1.165) is 43.1 Å². The number of aromatic nitrogens is 1. The number of nitrogens with zero attached hydrogens (tertiary/aromatic N) is 1. The zero-order valence-electron chi connectivity index (χ0n) is 13.0. The molecule has 114 valence electrons. The van der Waals surface area contributed by atoms with Crippen LogP contribution in [0.5, 0.6) is 0 Å². The molecule has 0 atom stereocenters. The number of nitrogen functional groups attached to an aromatic ring is 1. The zero-order chi connectivity index (χ0) is 16.4. The fraction of sp³-hybridized carbons (Fsp3) is 0.0500. The van der Waals surface area contributed by atoms with Crippen LogP contribution >= 0.6 is 11.8 Å². The summed E-state index contributed by atoms with van der Waals surface area (Å²) in [5.74, 6) is 0. The van der Waals surface area contributed by atoms with Gasteiger partial charge in [0.1, 0.15) is 0 Å². The summed E-state index contributed by atoms with van der Waals surface area (Å²) in [6.07, 6.45) is 5.44. The molecule has 0 fully saturated rings. The summed E-state index contributed by atoms with van der Waals surface area (Å²) in [6, 6.07) is 12.3. The van der Waals surface area contributed by atoms with Crippen LogP contribution in [0.25, 0.3) is 23.1 Å². The molecule has 3 aromatic rings. The van der Waals surface area contributed by atoms with E-state index >= 15 is 0 Å². The van der Waals surface area contributed by atoms with Gasteiger partial charge in [-0.25, -0.2) is 0 Å². The molecule has 0 unspecified atom stereocenters. The molecular weight excluding hydrogens is 300 g/mol. The molecule has 1 heterocycles. The predicted molar refractivity (Wildman–Crippen MR) is 102 cm³/mol. The van der Waals surface area contributed by atoms with E-state index in [1.807, 2.05) is 24.4 Å². The Labute approximate surface area is 140 Å². The molecule has 3 rings (SSSR count). The average molecular weight is 318 g/mol. The third-order valence-electron chi connectivity index (χ3n) is 3.84. The highest BCUT2D eigenvalue weighted by Gasteiger charge is 2.13. The van der Waals surface area contributed by atoms with E-state index in [-0.39, 0.29) is 0 Å². The highest BCUT2D eigenvalue weighted by Crippen LogP contribution is 2.39. The molecule has 0 saturated heterocycles. The third kappa shape index (κ3) is 2.76. The van der Waals surface area contributed by atoms with Gasteiger partial charge in [-0.05, 0) is 36.2 Å². The van der Waals surface area contributed by atoms with Gasteiger partial charge < -0.3 is 5.73 Å². The second-order valence-electron chi connectivity index (χ2n) is 5.27. The standard InChI is InChI=1S/C20H18N2S/c1-4-15-13(3)12-18(19(21)16(15)5-2)23-17-10-6-8-14-9-7-11-22-20(14)17/h4-12H,1-2,21H2,3H3. The number of hydrogen-bond donors (Lipinski definition) is 1. The third-order valence-corrected chi connectivity index (χ3v) is 4.95. The van der Waals surface area contributed by atoms with Crippen molar-refractivity contribution in [2.75, 3.05) is 5.73 Å². The summed E-state index contributed by atoms with van der Waals surface area (Å²) in [5.41, 5.74) is 11.2. The van der Waals surface area contributed by atoms with Crippen molar-refractivity contribution >= 4 is 40.5 Å². The van der Waals surface area contributed by atoms with E-state index < -0.39 is 0 Å². The Morgan fingerprint density at radius 1 is 1.04 bits per heavy atom. The van der Waals surface area contributed by atoms with E-state index in [2.05, 4.69) is 49.3 Å². The zero-order valence-corrected chi connectivity index (χ0v) is 13.9. The Hall–Kier alpha value is -2.52. The molecule has 0 bridgehead atoms. The van der Waals surface area contributed by atoms with Crippen molar-refractivity contribution in [2.45, 2.75) is 16.7 Å². The van der Waals surface area contributed by atoms with Gasteiger partial charge in [-0.2, -0.15) is 0 Å². The number of para-hydroxylation sites is 1. The van der Waals surface area contributed by atoms with E-state index in [1.54, 1.807) is 17.8 Å². The minimum Gasteiger partial charge on any atom is -0.397 e. The minimum absolute atomic E-state index is 0.735. The molecule has 0 spiro atoms. The molecular formula is C20H18N2S. The van der Waals surface area contributed by atoms with Crippen molar-refractivity contribution in [3.05, 3.63) is 72.4 Å². The maximum atomic E-state index is 6.37. The van der Waals surface area contributed by atoms with Gasteiger partial charge >= 0.3 is 0 Å². The summed E-state index contributed by atoms with van der Waals surface area (Å²) >= 11 is 1.64. The van der Waals surface area contributed by atoms with Crippen molar-refractivity contribution in [1.82, 2.24) is 4.98 Å². The van der Waals surface area contributed by atoms with Gasteiger partial charge in [0.25, 0.3) is 0 Å². The topological polar surface area (TPSA) is 38.9 Å². The van der Waals surface area contributed by atoms with Crippen LogP contribution in [0.2, 0.25) is 0 Å². The first kappa shape index (κ1) is 15.4. The summed E-state index contributed by atoms with van der Waals surface area (Å²) in [7, 11) is 0. The van der Waals surface area contributed by atoms with Gasteiger partial charge in [0, 0.05) is 26.9 Å². The summed E-state index contributed by atoms with van der Waals surface area (Å²) in [5, 5.41) is 1.12. The molecule has 0 amide bonds. The fourth-order valence-corrected chi connectivity index (χ4v) is 3.80. The van der Waals surface area contributed by atoms with Gasteiger partial charge in [0.2, 0.25) is 0 Å². The average Bonchev–Trinajstić information content (AvgIpc) is 2.57. The molecule has 2 N–H and O–H groups in total. The number of hydrogen-bond acceptors (Lipinski definition) is 3. The first-order chi connectivity index (χ1) is 11.2. The molecule has 3 heteroatoms. The van der Waals surface area contributed by atoms with Crippen LogP contribution < -0.4 is 5.73 Å². The summed E-state index contributed by atoms with van der Waals surface area (Å²) in [4.78, 5) is 6.62. The number of benzene rings is 2.